The van der Waals surface area contributed by atoms with Crippen molar-refractivity contribution in [1.82, 2.24) is 15.5 Å². The van der Waals surface area contributed by atoms with Gasteiger partial charge in [-0.2, -0.15) is 0 Å². The summed E-state index contributed by atoms with van der Waals surface area (Å²) in [6, 6.07) is 8.53. The van der Waals surface area contributed by atoms with E-state index in [4.69, 9.17) is 27.9 Å². The second kappa shape index (κ2) is 12.5. The number of benzene rings is 1. The average molecular weight is 446 g/mol. The molecule has 0 saturated heterocycles. The highest BCUT2D eigenvalue weighted by Crippen LogP contribution is 2.08. The van der Waals surface area contributed by atoms with E-state index in [1.165, 1.54) is 4.90 Å². The number of nitrogens with zero attached hydrogens (tertiary/aromatic N) is 1. The van der Waals surface area contributed by atoms with Crippen molar-refractivity contribution in [3.8, 4) is 0 Å². The largest absolute Gasteiger partial charge is 0.444 e. The normalized spacial score (nSPS) is 12.0. The summed E-state index contributed by atoms with van der Waals surface area (Å²) >= 11 is 11.6. The molecule has 1 rings (SSSR count). The van der Waals surface area contributed by atoms with Crippen molar-refractivity contribution in [2.75, 3.05) is 31.4 Å². The standard InChI is InChI=1S/C20H29Cl2N3O4/c1-20(2,3)29-19(28)23-14-17(26)24-16(13-15-7-5-4-6-8-15)18(27)25(11-9-21)12-10-22/h4-8,16H,9-14H2,1-3H3,(H,23,28)(H,24,26)/t16-/m0/s1. The molecule has 0 heterocycles. The zero-order valence-corrected chi connectivity index (χ0v) is 18.6. The lowest BCUT2D eigenvalue weighted by molar-refractivity contribution is -0.135. The van der Waals surface area contributed by atoms with Crippen molar-refractivity contribution in [2.24, 2.45) is 0 Å². The predicted octanol–water partition coefficient (Wildman–Crippen LogP) is 2.54. The Morgan fingerprint density at radius 2 is 1.66 bits per heavy atom. The van der Waals surface area contributed by atoms with Gasteiger partial charge in [-0.1, -0.05) is 30.3 Å². The highest BCUT2D eigenvalue weighted by atomic mass is 35.5. The van der Waals surface area contributed by atoms with Crippen LogP contribution in [-0.2, 0) is 20.7 Å². The van der Waals surface area contributed by atoms with Crippen molar-refractivity contribution in [1.29, 1.82) is 0 Å². The molecule has 0 aromatic heterocycles. The number of hydrogen-bond acceptors (Lipinski definition) is 4. The fourth-order valence-electron chi connectivity index (χ4n) is 2.52. The van der Waals surface area contributed by atoms with E-state index >= 15 is 0 Å². The van der Waals surface area contributed by atoms with Crippen molar-refractivity contribution in [3.05, 3.63) is 35.9 Å². The van der Waals surface area contributed by atoms with Crippen LogP contribution in [0.1, 0.15) is 26.3 Å². The van der Waals surface area contributed by atoms with Gasteiger partial charge in [0.1, 0.15) is 18.2 Å². The molecule has 7 nitrogen and oxygen atoms in total. The summed E-state index contributed by atoms with van der Waals surface area (Å²) in [5, 5.41) is 5.08. The number of ether oxygens (including phenoxy) is 1. The number of alkyl carbamates (subject to hydrolysis) is 1. The highest BCUT2D eigenvalue weighted by molar-refractivity contribution is 6.18. The van der Waals surface area contributed by atoms with E-state index in [1.54, 1.807) is 20.8 Å². The molecule has 3 amide bonds. The number of carbonyl (C=O) groups is 3. The molecule has 162 valence electrons. The lowest BCUT2D eigenvalue weighted by atomic mass is 10.0. The van der Waals surface area contributed by atoms with E-state index < -0.39 is 23.6 Å². The van der Waals surface area contributed by atoms with E-state index in [0.29, 0.717) is 19.5 Å². The van der Waals surface area contributed by atoms with Crippen LogP contribution in [0.25, 0.3) is 0 Å². The van der Waals surface area contributed by atoms with E-state index in [2.05, 4.69) is 10.6 Å². The van der Waals surface area contributed by atoms with Gasteiger partial charge in [0, 0.05) is 31.3 Å². The number of halogens is 2. The molecule has 29 heavy (non-hydrogen) atoms. The molecule has 1 aromatic rings. The highest BCUT2D eigenvalue weighted by Gasteiger charge is 2.26. The monoisotopic (exact) mass is 445 g/mol. The summed E-state index contributed by atoms with van der Waals surface area (Å²) in [6.45, 7) is 5.52. The first-order valence-corrected chi connectivity index (χ1v) is 10.4. The van der Waals surface area contributed by atoms with Gasteiger partial charge in [-0.25, -0.2) is 4.79 Å². The van der Waals surface area contributed by atoms with Gasteiger partial charge in [0.15, 0.2) is 0 Å². The summed E-state index contributed by atoms with van der Waals surface area (Å²) in [5.41, 5.74) is 0.221. The summed E-state index contributed by atoms with van der Waals surface area (Å²) in [7, 11) is 0. The van der Waals surface area contributed by atoms with Gasteiger partial charge in [0.05, 0.1) is 0 Å². The molecule has 0 spiro atoms. The third-order valence-corrected chi connectivity index (χ3v) is 4.07. The minimum atomic E-state index is -0.809. The van der Waals surface area contributed by atoms with Gasteiger partial charge in [0.25, 0.3) is 0 Å². The van der Waals surface area contributed by atoms with Gasteiger partial charge in [-0.05, 0) is 26.3 Å². The van der Waals surface area contributed by atoms with E-state index in [0.717, 1.165) is 5.56 Å². The Kier molecular flexibility index (Phi) is 10.8. The Morgan fingerprint density at radius 3 is 2.17 bits per heavy atom. The molecule has 0 radical (unpaired) electrons. The van der Waals surface area contributed by atoms with Gasteiger partial charge >= 0.3 is 6.09 Å². The second-order valence-corrected chi connectivity index (χ2v) is 8.12. The molecule has 0 fully saturated rings. The number of amides is 3. The van der Waals surface area contributed by atoms with Gasteiger partial charge < -0.3 is 20.3 Å². The minimum Gasteiger partial charge on any atom is -0.444 e. The number of hydrogen-bond donors (Lipinski definition) is 2. The maximum atomic E-state index is 13.0. The topological polar surface area (TPSA) is 87.7 Å². The Hall–Kier alpha value is -1.99. The van der Waals surface area contributed by atoms with Crippen LogP contribution in [0.2, 0.25) is 0 Å². The smallest absolute Gasteiger partial charge is 0.408 e. The van der Waals surface area contributed by atoms with Crippen LogP contribution in [-0.4, -0.2) is 65.8 Å². The zero-order valence-electron chi connectivity index (χ0n) is 17.0. The van der Waals surface area contributed by atoms with E-state index in [9.17, 15) is 14.4 Å². The van der Waals surface area contributed by atoms with Crippen LogP contribution in [0.4, 0.5) is 4.79 Å². The molecular formula is C20H29Cl2N3O4. The molecule has 0 aliphatic carbocycles. The molecule has 1 atom stereocenters. The lowest BCUT2D eigenvalue weighted by Crippen LogP contribution is -2.52. The van der Waals surface area contributed by atoms with Crippen LogP contribution < -0.4 is 10.6 Å². The fourth-order valence-corrected chi connectivity index (χ4v) is 2.93. The van der Waals surface area contributed by atoms with Crippen molar-refractivity contribution in [3.63, 3.8) is 0 Å². The van der Waals surface area contributed by atoms with E-state index in [-0.39, 0.29) is 24.2 Å². The number of carbonyl (C=O) groups excluding carboxylic acids is 3. The number of rotatable bonds is 10. The Morgan fingerprint density at radius 1 is 1.07 bits per heavy atom. The van der Waals surface area contributed by atoms with Crippen molar-refractivity contribution < 1.29 is 19.1 Å². The fraction of sp³-hybridized carbons (Fsp3) is 0.550. The maximum Gasteiger partial charge on any atom is 0.408 e. The Bertz CT molecular complexity index is 659. The second-order valence-electron chi connectivity index (χ2n) is 7.37. The van der Waals surface area contributed by atoms with Gasteiger partial charge in [-0.3, -0.25) is 9.59 Å². The summed E-state index contributed by atoms with van der Waals surface area (Å²) in [6.07, 6.45) is -0.400. The molecule has 0 unspecified atom stereocenters. The van der Waals surface area contributed by atoms with Crippen molar-refractivity contribution in [2.45, 2.75) is 38.8 Å². The Balaban J connectivity index is 2.81. The van der Waals surface area contributed by atoms with Crippen LogP contribution in [0.5, 0.6) is 0 Å². The van der Waals surface area contributed by atoms with Crippen LogP contribution >= 0.6 is 23.2 Å². The number of alkyl halides is 2. The molecule has 0 aliphatic rings. The predicted molar refractivity (Wildman–Crippen MR) is 114 cm³/mol. The lowest BCUT2D eigenvalue weighted by Gasteiger charge is -2.27. The molecular weight excluding hydrogens is 417 g/mol. The van der Waals surface area contributed by atoms with E-state index in [1.807, 2.05) is 30.3 Å². The first-order valence-electron chi connectivity index (χ1n) is 9.37. The summed E-state index contributed by atoms with van der Waals surface area (Å²) in [4.78, 5) is 38.6. The zero-order chi connectivity index (χ0) is 21.9. The SMILES string of the molecule is CC(C)(C)OC(=O)NCC(=O)N[C@@H](Cc1ccccc1)C(=O)N(CCCl)CCCl. The maximum absolute atomic E-state index is 13.0. The third-order valence-electron chi connectivity index (χ3n) is 3.73. The van der Waals surface area contributed by atoms with Crippen molar-refractivity contribution >= 4 is 41.1 Å². The van der Waals surface area contributed by atoms with Gasteiger partial charge in [-0.15, -0.1) is 23.2 Å². The molecule has 0 bridgehead atoms. The van der Waals surface area contributed by atoms with Crippen LogP contribution in [0.3, 0.4) is 0 Å². The third kappa shape index (κ3) is 10.4. The minimum absolute atomic E-state index is 0.259. The summed E-state index contributed by atoms with van der Waals surface area (Å²) < 4.78 is 5.10. The van der Waals surface area contributed by atoms with Crippen LogP contribution in [0, 0.1) is 0 Å². The number of nitrogens with one attached hydrogen (secondary N) is 2. The molecule has 0 aliphatic heterocycles. The average Bonchev–Trinajstić information content (AvgIpc) is 2.64. The molecule has 2 N–H and O–H groups in total. The van der Waals surface area contributed by atoms with Gasteiger partial charge in [0.2, 0.25) is 11.8 Å². The molecule has 9 heteroatoms. The first-order chi connectivity index (χ1) is 13.7. The quantitative estimate of drug-likeness (QED) is 0.541. The molecule has 1 aromatic carbocycles. The van der Waals surface area contributed by atoms with Crippen LogP contribution in [0.15, 0.2) is 30.3 Å². The molecule has 0 saturated carbocycles. The Labute approximate surface area is 182 Å². The first kappa shape index (κ1) is 25.0. The summed E-state index contributed by atoms with van der Waals surface area (Å²) in [5.74, 6) is -0.258.